The van der Waals surface area contributed by atoms with Crippen LogP contribution in [0, 0.1) is 11.8 Å². The number of nitrogens with one attached hydrogen (secondary N) is 2. The van der Waals surface area contributed by atoms with Crippen LogP contribution in [0.4, 0.5) is 46.9 Å². The molecule has 12 rings (SSSR count). The Hall–Kier alpha value is -8.62. The zero-order valence-electron chi connectivity index (χ0n) is 76.8. The third-order valence-corrected chi connectivity index (χ3v) is 21.4. The van der Waals surface area contributed by atoms with Crippen LogP contribution in [0.25, 0.3) is 0 Å². The van der Waals surface area contributed by atoms with Crippen LogP contribution in [0.2, 0.25) is 0 Å². The van der Waals surface area contributed by atoms with Gasteiger partial charge in [-0.1, -0.05) is 22.6 Å². The molecule has 0 unspecified atom stereocenters. The molecule has 7 saturated heterocycles. The van der Waals surface area contributed by atoms with Crippen molar-refractivity contribution in [2.45, 2.75) is 167 Å². The minimum atomic E-state index is -1.21. The number of alkyl halides is 8. The molecule has 32 nitrogen and oxygen atoms in total. The van der Waals surface area contributed by atoms with Gasteiger partial charge in [-0.3, -0.25) is 63.0 Å². The lowest BCUT2D eigenvalue weighted by atomic mass is 10.1. The standard InChI is InChI=1S/C16H24FN3O3.C13H17FN2O3.C12H15FN2O3.C12H22FNO2.C11H16FN3O.C10H19NO2.C7H6O4.C6H13FN2.C2H4FI.ClH/c1-16(2,3)23-15(22)18-13-5-4-8-20(14(13)21)12-6-9-19(11-12)10-7-17;1-19-13(18)11-3-2-6-16(12(11)17)10-4-7-15(9-10)8-5-14;13-4-7-14-6-3-9(8-14)15-5-1-2-10(11(15)16)12(17)18;1-12(2,3)16-11(15)8-10-4-6-14(9-10)7-5-13;12-4-7-14-6-3-9(8-14)15-5-1-2-10(13)11(15)16;1-10(2,3)13-9(12)6-8-4-5-11-7-8;1-10-6(8)5-3-2-4-11-7(5)9;7-2-4-9-3-1-6(8)5-9;3-1-2-4;/h4-5,8,12H,6-7,9-11H2,1-3H3,(H,18,22);2-3,6,10H,4-5,7-9H2,1H3;1-2,5,9H,3-4,6-8H2,(H,17,18);10H,4-9H2,1-3H3;1-2,5,9H,3-4,6-8,13H2;8,11H,4-7H2,1-3H3;2-4H,1H3;6H,1-5,8H2;1-2H2;1H/t12-;10-;9-;10-;9-;8-;;6-;;/m000101.0../s1. The van der Waals surface area contributed by atoms with Gasteiger partial charge in [-0.25, -0.2) is 50.3 Å². The fourth-order valence-electron chi connectivity index (χ4n) is 14.9. The SMILES string of the molecule is CC(C)(C)OC(=O)C[C@H]1CCN(CCF)C1.CC(C)(C)OC(=O)C[C@H]1CCNC1.CC(C)(C)OC(=O)Nc1cccn([C@H]2CCN(CCF)C2)c1=O.COC(=O)c1cccn([C@H]2CCN(CCF)C2)c1=O.COC(=O)c1cccoc1=O.Cl.FCCI.N[C@H]1CCN(CCF)C1.Nc1cccn([C@H]2CCN(CCF)C2)c1=O.O=C(O)c1cccn([C@H]2CCN(CCF)C2)c1=O. The molecule has 734 valence electrons. The maximum absolute atomic E-state index is 12.5. The summed E-state index contributed by atoms with van der Waals surface area (Å²) in [6.45, 7) is 28.3. The lowest BCUT2D eigenvalue weighted by Crippen LogP contribution is -2.32. The van der Waals surface area contributed by atoms with Crippen molar-refractivity contribution in [2.75, 3.05) is 207 Å². The molecule has 0 bridgehead atoms. The number of amides is 1. The van der Waals surface area contributed by atoms with E-state index in [1.807, 2.05) is 83.7 Å². The molecule has 12 heterocycles. The van der Waals surface area contributed by atoms with Crippen LogP contribution >= 0.6 is 35.0 Å². The number of carbonyl (C=O) groups is 6. The van der Waals surface area contributed by atoms with E-state index < -0.39 is 53.1 Å². The van der Waals surface area contributed by atoms with Crippen molar-refractivity contribution in [3.63, 3.8) is 0 Å². The van der Waals surface area contributed by atoms with E-state index in [0.717, 1.165) is 117 Å². The lowest BCUT2D eigenvalue weighted by molar-refractivity contribution is -0.157. The number of aromatic nitrogens is 4. The van der Waals surface area contributed by atoms with E-state index in [-0.39, 0.29) is 145 Å². The van der Waals surface area contributed by atoms with E-state index in [1.165, 1.54) is 49.3 Å². The maximum Gasteiger partial charge on any atom is 0.412 e. The number of nitrogen functional groups attached to an aromatic ring is 1. The third kappa shape index (κ3) is 42.9. The Labute approximate surface area is 776 Å². The third-order valence-electron chi connectivity index (χ3n) is 21.0. The molecule has 7 aliphatic heterocycles. The van der Waals surface area contributed by atoms with E-state index in [0.29, 0.717) is 88.0 Å². The molecule has 5 aromatic rings. The number of halogens is 9. The van der Waals surface area contributed by atoms with Crippen LogP contribution in [-0.2, 0) is 33.3 Å². The number of pyridine rings is 4. The first kappa shape index (κ1) is 116. The summed E-state index contributed by atoms with van der Waals surface area (Å²) in [6.07, 6.45) is 14.6. The predicted octanol–water partition coefficient (Wildman–Crippen LogP) is 10.2. The highest BCUT2D eigenvalue weighted by atomic mass is 127. The number of likely N-dealkylation sites (tertiary alicyclic amines) is 6. The topological polar surface area (TPSA) is 383 Å². The maximum atomic E-state index is 12.5. The Balaban J connectivity index is 0.000000385. The lowest BCUT2D eigenvalue weighted by Gasteiger charge is -2.20. The van der Waals surface area contributed by atoms with Crippen molar-refractivity contribution in [2.24, 2.45) is 17.6 Å². The Bertz CT molecular complexity index is 4510. The van der Waals surface area contributed by atoms with Gasteiger partial charge in [0.15, 0.2) is 0 Å². The molecule has 41 heteroatoms. The minimum absolute atomic E-state index is 0. The fraction of sp³-hybridized carbons (Fsp3) is 0.652. The second-order valence-corrected chi connectivity index (χ2v) is 35.6. The van der Waals surface area contributed by atoms with Gasteiger partial charge < -0.3 is 73.2 Å². The van der Waals surface area contributed by atoms with Crippen molar-refractivity contribution >= 4 is 82.3 Å². The highest BCUT2D eigenvalue weighted by Gasteiger charge is 2.32. The molecule has 5 aromatic heterocycles. The van der Waals surface area contributed by atoms with Crippen LogP contribution in [0.5, 0.6) is 0 Å². The first-order valence-corrected chi connectivity index (χ1v) is 45.0. The summed E-state index contributed by atoms with van der Waals surface area (Å²) in [6, 6.07) is 15.7. The highest BCUT2D eigenvalue weighted by Crippen LogP contribution is 2.26. The van der Waals surface area contributed by atoms with Gasteiger partial charge in [-0.2, -0.15) is 0 Å². The molecule has 0 radical (unpaired) electrons. The average Bonchev–Trinajstić information content (AvgIpc) is 1.76. The fourth-order valence-corrected chi connectivity index (χ4v) is 14.9. The summed E-state index contributed by atoms with van der Waals surface area (Å²) in [7, 11) is 2.45. The van der Waals surface area contributed by atoms with Crippen molar-refractivity contribution in [1.29, 1.82) is 0 Å². The van der Waals surface area contributed by atoms with Gasteiger partial charge in [0, 0.05) is 153 Å². The van der Waals surface area contributed by atoms with Crippen LogP contribution in [0.3, 0.4) is 0 Å². The van der Waals surface area contributed by atoms with Crippen LogP contribution in [0.15, 0.2) is 120 Å². The van der Waals surface area contributed by atoms with E-state index >= 15 is 0 Å². The molecule has 0 aliphatic carbocycles. The molecule has 7 atom stereocenters. The van der Waals surface area contributed by atoms with Gasteiger partial charge in [-0.05, 0) is 206 Å². The summed E-state index contributed by atoms with van der Waals surface area (Å²) in [5, 5.41) is 14.6. The van der Waals surface area contributed by atoms with Gasteiger partial charge in [0.05, 0.1) is 57.0 Å². The first-order chi connectivity index (χ1) is 61.2. The number of ether oxygens (including phenoxy) is 5. The molecule has 0 saturated carbocycles. The van der Waals surface area contributed by atoms with Gasteiger partial charge in [-0.15, -0.1) is 12.4 Å². The highest BCUT2D eigenvalue weighted by molar-refractivity contribution is 14.1. The van der Waals surface area contributed by atoms with E-state index in [9.17, 15) is 83.5 Å². The molecule has 7 fully saturated rings. The number of hydrogen-bond acceptors (Lipinski definition) is 26. The van der Waals surface area contributed by atoms with Crippen molar-refractivity contribution in [1.82, 2.24) is 53.0 Å². The Morgan fingerprint density at radius 2 is 0.831 bits per heavy atom. The first-order valence-electron chi connectivity index (χ1n) is 43.5. The number of methoxy groups -OCH3 is 2. The smallest absolute Gasteiger partial charge is 0.412 e. The summed E-state index contributed by atoms with van der Waals surface area (Å²) < 4.78 is 120. The zero-order valence-corrected chi connectivity index (χ0v) is 79.8. The predicted molar refractivity (Wildman–Crippen MR) is 496 cm³/mol. The Morgan fingerprint density at radius 1 is 0.469 bits per heavy atom. The summed E-state index contributed by atoms with van der Waals surface area (Å²) in [5.74, 6) is -1.91. The van der Waals surface area contributed by atoms with Crippen LogP contribution in [0.1, 0.15) is 175 Å². The molecule has 7 N–H and O–H groups in total. The van der Waals surface area contributed by atoms with Gasteiger partial charge >= 0.3 is 41.6 Å². The molecule has 0 aromatic carbocycles. The molecule has 7 aliphatic rings. The average molecular weight is 1990 g/mol. The number of carboxylic acid groups (broad SMARTS) is 1. The number of rotatable bonds is 25. The second-order valence-electron chi connectivity index (χ2n) is 34.5. The number of aromatic carboxylic acids is 1. The van der Waals surface area contributed by atoms with Gasteiger partial charge in [0.1, 0.15) is 79.2 Å². The van der Waals surface area contributed by atoms with E-state index in [2.05, 4.69) is 34.3 Å². The van der Waals surface area contributed by atoms with Crippen LogP contribution < -0.4 is 50.0 Å². The van der Waals surface area contributed by atoms with Crippen molar-refractivity contribution in [3.05, 3.63) is 160 Å². The Morgan fingerprint density at radius 3 is 1.22 bits per heavy atom. The number of nitrogens with two attached hydrogens (primary N) is 2. The minimum Gasteiger partial charge on any atom is -0.477 e. The number of anilines is 2. The van der Waals surface area contributed by atoms with Crippen molar-refractivity contribution < 1.29 is 92.7 Å². The number of carbonyl (C=O) groups excluding carboxylic acids is 5. The Kier molecular flexibility index (Phi) is 53.8. The largest absolute Gasteiger partial charge is 0.477 e. The molecule has 0 spiro atoms. The monoisotopic (exact) mass is 1980 g/mol. The number of esters is 4. The quantitative estimate of drug-likeness (QED) is 0.0119. The van der Waals surface area contributed by atoms with Gasteiger partial charge in [0.25, 0.3) is 22.2 Å². The number of carboxylic acids is 1. The normalized spacial score (nSPS) is 19.7. The van der Waals surface area contributed by atoms with Crippen LogP contribution in [-0.4, -0.2) is 308 Å². The summed E-state index contributed by atoms with van der Waals surface area (Å²) in [4.78, 5) is 139. The summed E-state index contributed by atoms with van der Waals surface area (Å²) >= 11 is 1.98. The van der Waals surface area contributed by atoms with E-state index in [4.69, 9.17) is 30.8 Å². The molecule has 1 amide bonds. The molecule has 130 heavy (non-hydrogen) atoms. The second kappa shape index (κ2) is 60.5. The number of nitrogens with zero attached hydrogens (tertiary/aromatic N) is 10. The van der Waals surface area contributed by atoms with Crippen molar-refractivity contribution in [3.8, 4) is 0 Å². The van der Waals surface area contributed by atoms with E-state index in [1.54, 1.807) is 95.7 Å². The number of hydrogen-bond donors (Lipinski definition) is 5. The molecular formula is C89H137ClF7IN14O18. The summed E-state index contributed by atoms with van der Waals surface area (Å²) in [5.41, 5.74) is 8.04. The molecular weight excluding hydrogens is 1850 g/mol. The zero-order chi connectivity index (χ0) is 96.0. The van der Waals surface area contributed by atoms with Gasteiger partial charge in [0.2, 0.25) is 0 Å².